The highest BCUT2D eigenvalue weighted by atomic mass is 16.2. The molecule has 7 heteroatoms. The molecule has 0 aliphatic carbocycles. The summed E-state index contributed by atoms with van der Waals surface area (Å²) in [5.41, 5.74) is 8.28. The lowest BCUT2D eigenvalue weighted by Crippen LogP contribution is -2.34. The number of carbonyl (C=O) groups is 3. The molecule has 3 amide bonds. The molecule has 7 nitrogen and oxygen atoms in total. The van der Waals surface area contributed by atoms with E-state index in [-0.39, 0.29) is 13.0 Å². The van der Waals surface area contributed by atoms with Crippen LogP contribution in [0.4, 0.5) is 11.4 Å². The molecule has 0 radical (unpaired) electrons. The van der Waals surface area contributed by atoms with Gasteiger partial charge < -0.3 is 21.3 Å². The van der Waals surface area contributed by atoms with E-state index in [4.69, 9.17) is 5.73 Å². The topological polar surface area (TPSA) is 105 Å². The van der Waals surface area contributed by atoms with Crippen molar-refractivity contribution in [1.82, 2.24) is 5.32 Å². The Hall–Kier alpha value is -3.35. The Kier molecular flexibility index (Phi) is 6.32. The summed E-state index contributed by atoms with van der Waals surface area (Å²) in [6, 6.07) is 14.2. The van der Waals surface area contributed by atoms with E-state index in [1.165, 1.54) is 0 Å². The predicted molar refractivity (Wildman–Crippen MR) is 101 cm³/mol. The second-order valence-corrected chi connectivity index (χ2v) is 6.04. The van der Waals surface area contributed by atoms with Crippen LogP contribution in [0.25, 0.3) is 0 Å². The largest absolute Gasteiger partial charge is 0.378 e. The van der Waals surface area contributed by atoms with Crippen molar-refractivity contribution in [1.29, 1.82) is 0 Å². The molecule has 0 fully saturated rings. The van der Waals surface area contributed by atoms with Crippen molar-refractivity contribution in [2.75, 3.05) is 24.3 Å². The Morgan fingerprint density at radius 2 is 1.46 bits per heavy atom. The minimum absolute atomic E-state index is 0.126. The lowest BCUT2D eigenvalue weighted by molar-refractivity contribution is -0.136. The van der Waals surface area contributed by atoms with Gasteiger partial charge >= 0.3 is 11.8 Å². The van der Waals surface area contributed by atoms with Gasteiger partial charge in [-0.15, -0.1) is 0 Å². The Morgan fingerprint density at radius 3 is 2.00 bits per heavy atom. The van der Waals surface area contributed by atoms with Gasteiger partial charge in [0.05, 0.1) is 6.42 Å². The average molecular weight is 354 g/mol. The van der Waals surface area contributed by atoms with E-state index in [0.29, 0.717) is 5.69 Å². The molecule has 0 aliphatic rings. The molecular formula is C19H22N4O3. The molecule has 2 aromatic carbocycles. The zero-order valence-electron chi connectivity index (χ0n) is 14.8. The van der Waals surface area contributed by atoms with E-state index in [9.17, 15) is 14.4 Å². The van der Waals surface area contributed by atoms with Crippen LogP contribution in [0, 0.1) is 0 Å². The molecule has 136 valence electrons. The molecule has 0 atom stereocenters. The van der Waals surface area contributed by atoms with Crippen molar-refractivity contribution in [3.8, 4) is 0 Å². The van der Waals surface area contributed by atoms with Crippen LogP contribution < -0.4 is 21.3 Å². The molecule has 0 aromatic heterocycles. The minimum atomic E-state index is -0.752. The van der Waals surface area contributed by atoms with Gasteiger partial charge in [-0.2, -0.15) is 0 Å². The van der Waals surface area contributed by atoms with Gasteiger partial charge in [-0.05, 0) is 35.4 Å². The maximum atomic E-state index is 11.9. The van der Waals surface area contributed by atoms with Crippen LogP contribution in [-0.4, -0.2) is 31.8 Å². The first-order chi connectivity index (χ1) is 12.3. The molecular weight excluding hydrogens is 332 g/mol. The van der Waals surface area contributed by atoms with Gasteiger partial charge in [-0.25, -0.2) is 0 Å². The minimum Gasteiger partial charge on any atom is -0.378 e. The summed E-state index contributed by atoms with van der Waals surface area (Å²) in [7, 11) is 3.89. The summed E-state index contributed by atoms with van der Waals surface area (Å²) in [6.45, 7) is 0.261. The summed E-state index contributed by atoms with van der Waals surface area (Å²) in [6.07, 6.45) is 0.126. The maximum Gasteiger partial charge on any atom is 0.313 e. The van der Waals surface area contributed by atoms with Crippen molar-refractivity contribution >= 4 is 29.1 Å². The van der Waals surface area contributed by atoms with Crippen LogP contribution in [0.15, 0.2) is 48.5 Å². The van der Waals surface area contributed by atoms with Gasteiger partial charge in [0, 0.05) is 32.0 Å². The number of amides is 3. The van der Waals surface area contributed by atoms with Crippen molar-refractivity contribution in [3.63, 3.8) is 0 Å². The normalized spacial score (nSPS) is 10.1. The molecule has 0 bridgehead atoms. The number of nitrogens with one attached hydrogen (secondary N) is 2. The third-order valence-electron chi connectivity index (χ3n) is 3.70. The van der Waals surface area contributed by atoms with E-state index in [1.807, 2.05) is 43.3 Å². The Balaban J connectivity index is 1.85. The van der Waals surface area contributed by atoms with Crippen LogP contribution >= 0.6 is 0 Å². The van der Waals surface area contributed by atoms with Gasteiger partial charge in [0.25, 0.3) is 0 Å². The molecule has 0 spiro atoms. The first-order valence-electron chi connectivity index (χ1n) is 8.08. The summed E-state index contributed by atoms with van der Waals surface area (Å²) >= 11 is 0. The van der Waals surface area contributed by atoms with Gasteiger partial charge in [-0.3, -0.25) is 14.4 Å². The molecule has 0 aliphatic heterocycles. The molecule has 0 heterocycles. The number of hydrogen-bond acceptors (Lipinski definition) is 4. The number of nitrogens with zero attached hydrogens (tertiary/aromatic N) is 1. The Labute approximate surface area is 152 Å². The molecule has 0 unspecified atom stereocenters. The van der Waals surface area contributed by atoms with Gasteiger partial charge in [0.1, 0.15) is 0 Å². The highest BCUT2D eigenvalue weighted by Crippen LogP contribution is 2.12. The molecule has 4 N–H and O–H groups in total. The quantitative estimate of drug-likeness (QED) is 0.674. The molecule has 2 rings (SSSR count). The van der Waals surface area contributed by atoms with E-state index in [2.05, 4.69) is 10.6 Å². The number of carbonyl (C=O) groups excluding carboxylic acids is 3. The van der Waals surface area contributed by atoms with E-state index < -0.39 is 17.7 Å². The highest BCUT2D eigenvalue weighted by Gasteiger charge is 2.13. The van der Waals surface area contributed by atoms with Crippen molar-refractivity contribution in [3.05, 3.63) is 59.7 Å². The van der Waals surface area contributed by atoms with Crippen molar-refractivity contribution in [2.24, 2.45) is 5.73 Å². The lowest BCUT2D eigenvalue weighted by atomic mass is 10.1. The summed E-state index contributed by atoms with van der Waals surface area (Å²) in [5.74, 6) is -1.90. The number of benzene rings is 2. The van der Waals surface area contributed by atoms with Crippen molar-refractivity contribution < 1.29 is 14.4 Å². The molecule has 0 saturated heterocycles. The smallest absolute Gasteiger partial charge is 0.313 e. The average Bonchev–Trinajstić information content (AvgIpc) is 2.61. The van der Waals surface area contributed by atoms with E-state index in [1.54, 1.807) is 24.3 Å². The van der Waals surface area contributed by atoms with Gasteiger partial charge in [0.2, 0.25) is 5.91 Å². The number of anilines is 2. The van der Waals surface area contributed by atoms with Crippen LogP contribution in [0.5, 0.6) is 0 Å². The fourth-order valence-corrected chi connectivity index (χ4v) is 2.27. The van der Waals surface area contributed by atoms with E-state index in [0.717, 1.165) is 16.8 Å². The zero-order chi connectivity index (χ0) is 19.1. The van der Waals surface area contributed by atoms with Crippen LogP contribution in [0.1, 0.15) is 11.1 Å². The number of rotatable bonds is 6. The van der Waals surface area contributed by atoms with Crippen LogP contribution in [-0.2, 0) is 27.3 Å². The first kappa shape index (κ1) is 19.0. The third kappa shape index (κ3) is 5.62. The predicted octanol–water partition coefficient (Wildman–Crippen LogP) is 1.04. The van der Waals surface area contributed by atoms with E-state index >= 15 is 0 Å². The number of nitrogens with two attached hydrogens (primary N) is 1. The maximum absolute atomic E-state index is 11.9. The highest BCUT2D eigenvalue weighted by molar-refractivity contribution is 6.39. The van der Waals surface area contributed by atoms with Crippen molar-refractivity contribution in [2.45, 2.75) is 13.0 Å². The third-order valence-corrected chi connectivity index (χ3v) is 3.70. The fraction of sp³-hybridized carbons (Fsp3) is 0.211. The number of hydrogen-bond donors (Lipinski definition) is 3. The SMILES string of the molecule is CN(C)c1ccc(CNC(=O)C(=O)Nc2ccc(CC(N)=O)cc2)cc1. The summed E-state index contributed by atoms with van der Waals surface area (Å²) < 4.78 is 0. The standard InChI is InChI=1S/C19H22N4O3/c1-23(2)16-9-5-14(6-10-16)12-21-18(25)19(26)22-15-7-3-13(4-8-15)11-17(20)24/h3-10H,11-12H2,1-2H3,(H2,20,24)(H,21,25)(H,22,26). The summed E-state index contributed by atoms with van der Waals surface area (Å²) in [4.78, 5) is 36.7. The van der Waals surface area contributed by atoms with Crippen LogP contribution in [0.2, 0.25) is 0 Å². The van der Waals surface area contributed by atoms with Gasteiger partial charge in [0.15, 0.2) is 0 Å². The second-order valence-electron chi connectivity index (χ2n) is 6.04. The molecule has 0 saturated carbocycles. The number of primary amides is 1. The Bertz CT molecular complexity index is 783. The molecule has 26 heavy (non-hydrogen) atoms. The molecule has 2 aromatic rings. The fourth-order valence-electron chi connectivity index (χ4n) is 2.27. The lowest BCUT2D eigenvalue weighted by Gasteiger charge is -2.13. The summed E-state index contributed by atoms with van der Waals surface area (Å²) in [5, 5.41) is 5.09. The van der Waals surface area contributed by atoms with Crippen LogP contribution in [0.3, 0.4) is 0 Å². The van der Waals surface area contributed by atoms with Gasteiger partial charge in [-0.1, -0.05) is 24.3 Å². The monoisotopic (exact) mass is 354 g/mol. The zero-order valence-corrected chi connectivity index (χ0v) is 14.8. The first-order valence-corrected chi connectivity index (χ1v) is 8.08. The Morgan fingerprint density at radius 1 is 0.885 bits per heavy atom. The second kappa shape index (κ2) is 8.66.